The highest BCUT2D eigenvalue weighted by atomic mass is 32.2. The van der Waals surface area contributed by atoms with Crippen LogP contribution in [0.4, 0.5) is 4.79 Å². The van der Waals surface area contributed by atoms with E-state index in [1.807, 2.05) is 24.0 Å². The molecule has 1 aromatic rings. The largest absolute Gasteiger partial charge is 0.454 e. The highest BCUT2D eigenvalue weighted by Crippen LogP contribution is 2.32. The lowest BCUT2D eigenvalue weighted by atomic mass is 9.95. The molecule has 1 N–H and O–H groups in total. The molecule has 3 aliphatic rings. The van der Waals surface area contributed by atoms with Crippen LogP contribution in [0.1, 0.15) is 18.9 Å². The van der Waals surface area contributed by atoms with E-state index >= 15 is 0 Å². The number of piperidine rings is 1. The Morgan fingerprint density at radius 3 is 2.57 bits per heavy atom. The van der Waals surface area contributed by atoms with Gasteiger partial charge in [0, 0.05) is 51.9 Å². The molecule has 10 heteroatoms. The first-order chi connectivity index (χ1) is 14.3. The zero-order chi connectivity index (χ0) is 21.3. The van der Waals surface area contributed by atoms with Gasteiger partial charge in [-0.2, -0.15) is 0 Å². The van der Waals surface area contributed by atoms with Gasteiger partial charge in [-0.15, -0.1) is 0 Å². The number of piperazine rings is 1. The zero-order valence-electron chi connectivity index (χ0n) is 17.5. The van der Waals surface area contributed by atoms with E-state index in [4.69, 9.17) is 9.47 Å². The Labute approximate surface area is 178 Å². The number of amides is 2. The number of rotatable bonds is 4. The molecule has 2 fully saturated rings. The molecule has 2 amide bonds. The summed E-state index contributed by atoms with van der Waals surface area (Å²) >= 11 is 0. The number of urea groups is 1. The number of carbonyl (C=O) groups excluding carboxylic acids is 1. The molecule has 0 spiro atoms. The van der Waals surface area contributed by atoms with Crippen LogP contribution in [0, 0.1) is 5.92 Å². The molecule has 2 atom stereocenters. The third-order valence-electron chi connectivity index (χ3n) is 6.15. The molecule has 0 aromatic heterocycles. The SMILES string of the molecule is CC1CN(S(C)(=O)=O)CCC1NC(=O)N1CCN(Cc2ccc3c(c2)OCO3)CC1. The predicted molar refractivity (Wildman–Crippen MR) is 112 cm³/mol. The van der Waals surface area contributed by atoms with Crippen LogP contribution >= 0.6 is 0 Å². The second-order valence-corrected chi connectivity index (χ2v) is 10.4. The Morgan fingerprint density at radius 1 is 1.13 bits per heavy atom. The van der Waals surface area contributed by atoms with E-state index in [2.05, 4.69) is 16.3 Å². The number of sulfonamides is 1. The predicted octanol–water partition coefficient (Wildman–Crippen LogP) is 0.913. The second kappa shape index (κ2) is 8.60. The van der Waals surface area contributed by atoms with Gasteiger partial charge in [0.1, 0.15) is 0 Å². The van der Waals surface area contributed by atoms with Crippen molar-refractivity contribution in [1.29, 1.82) is 0 Å². The molecule has 166 valence electrons. The molecule has 30 heavy (non-hydrogen) atoms. The van der Waals surface area contributed by atoms with Crippen molar-refractivity contribution in [3.63, 3.8) is 0 Å². The third-order valence-corrected chi connectivity index (χ3v) is 7.42. The molecule has 0 aliphatic carbocycles. The van der Waals surface area contributed by atoms with Crippen LogP contribution in [0.2, 0.25) is 0 Å². The Balaban J connectivity index is 1.24. The number of ether oxygens (including phenoxy) is 2. The van der Waals surface area contributed by atoms with Gasteiger partial charge < -0.3 is 19.7 Å². The fourth-order valence-electron chi connectivity index (χ4n) is 4.28. The summed E-state index contributed by atoms with van der Waals surface area (Å²) in [6, 6.07) is 5.96. The summed E-state index contributed by atoms with van der Waals surface area (Å²) in [6.45, 7) is 6.95. The van der Waals surface area contributed by atoms with Crippen molar-refractivity contribution in [1.82, 2.24) is 19.4 Å². The van der Waals surface area contributed by atoms with E-state index < -0.39 is 10.0 Å². The van der Waals surface area contributed by atoms with Crippen molar-refractivity contribution in [3.05, 3.63) is 23.8 Å². The molecular weight excluding hydrogens is 408 g/mol. The first-order valence-electron chi connectivity index (χ1n) is 10.4. The summed E-state index contributed by atoms with van der Waals surface area (Å²) in [5.74, 6) is 1.67. The van der Waals surface area contributed by atoms with Crippen molar-refractivity contribution in [2.24, 2.45) is 5.92 Å². The molecule has 9 nitrogen and oxygen atoms in total. The molecule has 0 radical (unpaired) electrons. The van der Waals surface area contributed by atoms with E-state index in [1.165, 1.54) is 16.1 Å². The third kappa shape index (κ3) is 4.81. The maximum atomic E-state index is 12.7. The summed E-state index contributed by atoms with van der Waals surface area (Å²) in [4.78, 5) is 16.9. The first-order valence-corrected chi connectivity index (χ1v) is 12.3. The summed E-state index contributed by atoms with van der Waals surface area (Å²) in [7, 11) is -3.18. The van der Waals surface area contributed by atoms with Gasteiger partial charge in [0.25, 0.3) is 0 Å². The standard InChI is InChI=1S/C20H30N4O5S/c1-15-12-24(30(2,26)27)6-5-17(15)21-20(25)23-9-7-22(8-10-23)13-16-3-4-18-19(11-16)29-14-28-18/h3-4,11,15,17H,5-10,12-14H2,1-2H3,(H,21,25). The number of fused-ring (bicyclic) bond motifs is 1. The molecular formula is C20H30N4O5S. The van der Waals surface area contributed by atoms with Crippen molar-refractivity contribution in [3.8, 4) is 11.5 Å². The molecule has 0 saturated carbocycles. The Kier molecular flexibility index (Phi) is 6.08. The normalized spacial score (nSPS) is 25.3. The fourth-order valence-corrected chi connectivity index (χ4v) is 5.22. The monoisotopic (exact) mass is 438 g/mol. The average Bonchev–Trinajstić information content (AvgIpc) is 3.17. The maximum absolute atomic E-state index is 12.7. The smallest absolute Gasteiger partial charge is 0.317 e. The summed E-state index contributed by atoms with van der Waals surface area (Å²) in [5, 5.41) is 3.12. The van der Waals surface area contributed by atoms with Crippen molar-refractivity contribution >= 4 is 16.1 Å². The number of benzene rings is 1. The van der Waals surface area contributed by atoms with E-state index in [9.17, 15) is 13.2 Å². The van der Waals surface area contributed by atoms with Crippen molar-refractivity contribution < 1.29 is 22.7 Å². The minimum Gasteiger partial charge on any atom is -0.454 e. The van der Waals surface area contributed by atoms with Crippen molar-refractivity contribution in [2.45, 2.75) is 25.9 Å². The van der Waals surface area contributed by atoms with Gasteiger partial charge >= 0.3 is 6.03 Å². The van der Waals surface area contributed by atoms with Crippen LogP contribution in [0.5, 0.6) is 11.5 Å². The van der Waals surface area contributed by atoms with Crippen LogP contribution in [-0.2, 0) is 16.6 Å². The molecule has 0 bridgehead atoms. The van der Waals surface area contributed by atoms with Gasteiger partial charge in [0.05, 0.1) is 6.26 Å². The Hall–Kier alpha value is -2.04. The summed E-state index contributed by atoms with van der Waals surface area (Å²) in [5.41, 5.74) is 1.17. The molecule has 1 aromatic carbocycles. The number of carbonyl (C=O) groups is 1. The average molecular weight is 439 g/mol. The lowest BCUT2D eigenvalue weighted by Gasteiger charge is -2.39. The Bertz CT molecular complexity index is 885. The van der Waals surface area contributed by atoms with Gasteiger partial charge in [0.15, 0.2) is 11.5 Å². The van der Waals surface area contributed by atoms with Crippen LogP contribution in [0.15, 0.2) is 18.2 Å². The topological polar surface area (TPSA) is 91.4 Å². The summed E-state index contributed by atoms with van der Waals surface area (Å²) < 4.78 is 35.8. The minimum atomic E-state index is -3.18. The molecule has 3 aliphatic heterocycles. The van der Waals surface area contributed by atoms with Crippen LogP contribution < -0.4 is 14.8 Å². The highest BCUT2D eigenvalue weighted by molar-refractivity contribution is 7.88. The minimum absolute atomic E-state index is 0.00200. The molecule has 2 unspecified atom stereocenters. The van der Waals surface area contributed by atoms with Gasteiger partial charge in [-0.3, -0.25) is 4.90 Å². The lowest BCUT2D eigenvalue weighted by Crippen LogP contribution is -2.57. The summed E-state index contributed by atoms with van der Waals surface area (Å²) in [6.07, 6.45) is 1.88. The van der Waals surface area contributed by atoms with Crippen LogP contribution in [0.3, 0.4) is 0 Å². The Morgan fingerprint density at radius 2 is 1.87 bits per heavy atom. The van der Waals surface area contributed by atoms with Crippen LogP contribution in [0.25, 0.3) is 0 Å². The van der Waals surface area contributed by atoms with Gasteiger partial charge in [-0.25, -0.2) is 17.5 Å². The van der Waals surface area contributed by atoms with E-state index in [1.54, 1.807) is 0 Å². The van der Waals surface area contributed by atoms with Gasteiger partial charge in [-0.05, 0) is 30.0 Å². The quantitative estimate of drug-likeness (QED) is 0.752. The van der Waals surface area contributed by atoms with E-state index in [0.29, 0.717) is 32.6 Å². The molecule has 4 rings (SSSR count). The first kappa shape index (κ1) is 21.2. The number of nitrogens with zero attached hydrogens (tertiary/aromatic N) is 3. The fraction of sp³-hybridized carbons (Fsp3) is 0.650. The number of nitrogens with one attached hydrogen (secondary N) is 1. The molecule has 2 saturated heterocycles. The van der Waals surface area contributed by atoms with Crippen LogP contribution in [-0.4, -0.2) is 86.9 Å². The zero-order valence-corrected chi connectivity index (χ0v) is 18.4. The highest BCUT2D eigenvalue weighted by Gasteiger charge is 2.32. The van der Waals surface area contributed by atoms with Crippen molar-refractivity contribution in [2.75, 3.05) is 52.3 Å². The number of hydrogen-bond donors (Lipinski definition) is 1. The van der Waals surface area contributed by atoms with Gasteiger partial charge in [-0.1, -0.05) is 13.0 Å². The maximum Gasteiger partial charge on any atom is 0.317 e. The van der Waals surface area contributed by atoms with Gasteiger partial charge in [0.2, 0.25) is 16.8 Å². The molecule has 3 heterocycles. The van der Waals surface area contributed by atoms with E-state index in [0.717, 1.165) is 31.1 Å². The number of hydrogen-bond acceptors (Lipinski definition) is 6. The second-order valence-electron chi connectivity index (χ2n) is 8.39. The lowest BCUT2D eigenvalue weighted by molar-refractivity contribution is 0.127. The van der Waals surface area contributed by atoms with E-state index in [-0.39, 0.29) is 24.8 Å².